The molecule has 2 rings (SSSR count). The number of nitrogens with one attached hydrogen (secondary N) is 1. The first-order chi connectivity index (χ1) is 11.5. The number of aromatic nitrogens is 1. The van der Waals surface area contributed by atoms with Gasteiger partial charge in [0.1, 0.15) is 6.42 Å². The number of carbonyl (C=O) groups is 2. The molecular formula is C19H23N3O2. The van der Waals surface area contributed by atoms with Crippen molar-refractivity contribution in [1.82, 2.24) is 9.88 Å². The quantitative estimate of drug-likeness (QED) is 0.831. The van der Waals surface area contributed by atoms with Crippen molar-refractivity contribution in [3.63, 3.8) is 0 Å². The van der Waals surface area contributed by atoms with Gasteiger partial charge in [0.2, 0.25) is 11.8 Å². The second kappa shape index (κ2) is 8.24. The minimum atomic E-state index is -0.284. The van der Waals surface area contributed by atoms with Gasteiger partial charge in [-0.15, -0.1) is 0 Å². The summed E-state index contributed by atoms with van der Waals surface area (Å²) in [5.41, 5.74) is 3.88. The first-order valence-electron chi connectivity index (χ1n) is 7.96. The summed E-state index contributed by atoms with van der Waals surface area (Å²) in [7, 11) is 1.72. The van der Waals surface area contributed by atoms with E-state index >= 15 is 0 Å². The largest absolute Gasteiger partial charge is 0.345 e. The number of hydrogen-bond donors (Lipinski definition) is 1. The number of para-hydroxylation sites is 1. The molecule has 2 aromatic rings. The van der Waals surface area contributed by atoms with E-state index in [1.54, 1.807) is 24.3 Å². The highest BCUT2D eigenvalue weighted by molar-refractivity contribution is 6.04. The molecule has 0 aliphatic carbocycles. The van der Waals surface area contributed by atoms with Gasteiger partial charge in [-0.1, -0.05) is 18.2 Å². The van der Waals surface area contributed by atoms with Gasteiger partial charge in [0.25, 0.3) is 0 Å². The van der Waals surface area contributed by atoms with E-state index < -0.39 is 0 Å². The fourth-order valence-corrected chi connectivity index (χ4v) is 2.44. The lowest BCUT2D eigenvalue weighted by Crippen LogP contribution is -2.32. The SMILES string of the molecule is Cc1cccc(C)c1NC(=O)CC(=O)N(C)CCc1ccncc1. The number of aryl methyl sites for hydroxylation is 2. The predicted molar refractivity (Wildman–Crippen MR) is 94.7 cm³/mol. The molecule has 0 atom stereocenters. The van der Waals surface area contributed by atoms with Crippen LogP contribution in [0, 0.1) is 13.8 Å². The fraction of sp³-hybridized carbons (Fsp3) is 0.316. The molecule has 0 aliphatic heterocycles. The van der Waals surface area contributed by atoms with Gasteiger partial charge >= 0.3 is 0 Å². The number of nitrogens with zero attached hydrogens (tertiary/aromatic N) is 2. The van der Waals surface area contributed by atoms with E-state index in [2.05, 4.69) is 10.3 Å². The van der Waals surface area contributed by atoms with Crippen molar-refractivity contribution in [2.24, 2.45) is 0 Å². The molecule has 0 radical (unpaired) electrons. The third-order valence-electron chi connectivity index (χ3n) is 3.97. The number of likely N-dealkylation sites (N-methyl/N-ethyl adjacent to an activating group) is 1. The van der Waals surface area contributed by atoms with Gasteiger partial charge in [-0.3, -0.25) is 14.6 Å². The molecule has 0 bridgehead atoms. The first kappa shape index (κ1) is 17.7. The van der Waals surface area contributed by atoms with E-state index in [9.17, 15) is 9.59 Å². The first-order valence-corrected chi connectivity index (χ1v) is 7.96. The third-order valence-corrected chi connectivity index (χ3v) is 3.97. The molecule has 5 heteroatoms. The number of benzene rings is 1. The number of pyridine rings is 1. The summed E-state index contributed by atoms with van der Waals surface area (Å²) in [6, 6.07) is 9.66. The maximum absolute atomic E-state index is 12.2. The van der Waals surface area contributed by atoms with Crippen molar-refractivity contribution >= 4 is 17.5 Å². The van der Waals surface area contributed by atoms with Gasteiger partial charge in [-0.05, 0) is 49.1 Å². The smallest absolute Gasteiger partial charge is 0.233 e. The van der Waals surface area contributed by atoms with Crippen molar-refractivity contribution in [3.05, 3.63) is 59.4 Å². The molecule has 0 aliphatic rings. The zero-order chi connectivity index (χ0) is 17.5. The average molecular weight is 325 g/mol. The van der Waals surface area contributed by atoms with Gasteiger partial charge in [0.05, 0.1) is 0 Å². The summed E-state index contributed by atoms with van der Waals surface area (Å²) >= 11 is 0. The lowest BCUT2D eigenvalue weighted by atomic mass is 10.1. The Bertz CT molecular complexity index is 694. The van der Waals surface area contributed by atoms with Crippen LogP contribution in [0.5, 0.6) is 0 Å². The molecular weight excluding hydrogens is 302 g/mol. The van der Waals surface area contributed by atoms with E-state index in [-0.39, 0.29) is 18.2 Å². The van der Waals surface area contributed by atoms with Crippen LogP contribution in [-0.2, 0) is 16.0 Å². The molecule has 24 heavy (non-hydrogen) atoms. The van der Waals surface area contributed by atoms with Crippen molar-refractivity contribution in [1.29, 1.82) is 0 Å². The Balaban J connectivity index is 1.85. The second-order valence-electron chi connectivity index (χ2n) is 5.91. The summed E-state index contributed by atoms with van der Waals surface area (Å²) in [5, 5.41) is 2.84. The minimum Gasteiger partial charge on any atom is -0.345 e. The molecule has 0 spiro atoms. The lowest BCUT2D eigenvalue weighted by molar-refractivity contribution is -0.133. The summed E-state index contributed by atoms with van der Waals surface area (Å²) in [6.07, 6.45) is 4.05. The molecule has 2 amide bonds. The second-order valence-corrected chi connectivity index (χ2v) is 5.91. The standard InChI is InChI=1S/C19H23N3O2/c1-14-5-4-6-15(2)19(14)21-17(23)13-18(24)22(3)12-9-16-7-10-20-11-8-16/h4-8,10-11H,9,12-13H2,1-3H3,(H,21,23). The monoisotopic (exact) mass is 325 g/mol. The highest BCUT2D eigenvalue weighted by atomic mass is 16.2. The third kappa shape index (κ3) is 4.91. The van der Waals surface area contributed by atoms with Crippen LogP contribution in [0.15, 0.2) is 42.7 Å². The van der Waals surface area contributed by atoms with Gasteiger partial charge in [0, 0.05) is 31.7 Å². The Labute approximate surface area is 142 Å². The lowest BCUT2D eigenvalue weighted by Gasteiger charge is -2.17. The highest BCUT2D eigenvalue weighted by Gasteiger charge is 2.15. The van der Waals surface area contributed by atoms with Crippen molar-refractivity contribution in [2.75, 3.05) is 18.9 Å². The van der Waals surface area contributed by atoms with Crippen LogP contribution in [0.1, 0.15) is 23.1 Å². The van der Waals surface area contributed by atoms with Gasteiger partial charge in [-0.2, -0.15) is 0 Å². The molecule has 1 aromatic heterocycles. The Morgan fingerprint density at radius 2 is 1.71 bits per heavy atom. The summed E-state index contributed by atoms with van der Waals surface area (Å²) in [5.74, 6) is -0.471. The molecule has 0 saturated heterocycles. The van der Waals surface area contributed by atoms with Crippen LogP contribution in [0.25, 0.3) is 0 Å². The molecule has 0 unspecified atom stereocenters. The van der Waals surface area contributed by atoms with Gasteiger partial charge < -0.3 is 10.2 Å². The minimum absolute atomic E-state index is 0.152. The van der Waals surface area contributed by atoms with Crippen LogP contribution >= 0.6 is 0 Å². The molecule has 126 valence electrons. The number of hydrogen-bond acceptors (Lipinski definition) is 3. The topological polar surface area (TPSA) is 62.3 Å². The predicted octanol–water partition coefficient (Wildman–Crippen LogP) is 2.73. The van der Waals surface area contributed by atoms with Crippen molar-refractivity contribution in [2.45, 2.75) is 26.7 Å². The normalized spacial score (nSPS) is 10.3. The molecule has 1 heterocycles. The van der Waals surface area contributed by atoms with Crippen LogP contribution < -0.4 is 5.32 Å². The summed E-state index contributed by atoms with van der Waals surface area (Å²) in [6.45, 7) is 4.44. The van der Waals surface area contributed by atoms with Crippen LogP contribution in [0.4, 0.5) is 5.69 Å². The van der Waals surface area contributed by atoms with E-state index in [4.69, 9.17) is 0 Å². The maximum atomic E-state index is 12.2. The Hall–Kier alpha value is -2.69. The van der Waals surface area contributed by atoms with Crippen LogP contribution in [0.2, 0.25) is 0 Å². The molecule has 5 nitrogen and oxygen atoms in total. The number of carbonyl (C=O) groups excluding carboxylic acids is 2. The molecule has 0 fully saturated rings. The van der Waals surface area contributed by atoms with E-state index in [1.807, 2.05) is 44.2 Å². The molecule has 1 aromatic carbocycles. The van der Waals surface area contributed by atoms with Crippen LogP contribution in [-0.4, -0.2) is 35.3 Å². The van der Waals surface area contributed by atoms with E-state index in [0.29, 0.717) is 6.54 Å². The van der Waals surface area contributed by atoms with Gasteiger partial charge in [-0.25, -0.2) is 0 Å². The Kier molecular flexibility index (Phi) is 6.07. The van der Waals surface area contributed by atoms with Crippen molar-refractivity contribution in [3.8, 4) is 0 Å². The average Bonchev–Trinajstić information content (AvgIpc) is 2.57. The Morgan fingerprint density at radius 3 is 2.33 bits per heavy atom. The molecule has 0 saturated carbocycles. The van der Waals surface area contributed by atoms with Gasteiger partial charge in [0.15, 0.2) is 0 Å². The van der Waals surface area contributed by atoms with Crippen LogP contribution in [0.3, 0.4) is 0 Å². The summed E-state index contributed by atoms with van der Waals surface area (Å²) < 4.78 is 0. The summed E-state index contributed by atoms with van der Waals surface area (Å²) in [4.78, 5) is 29.9. The van der Waals surface area contributed by atoms with E-state index in [1.165, 1.54) is 0 Å². The number of amides is 2. The zero-order valence-corrected chi connectivity index (χ0v) is 14.4. The fourth-order valence-electron chi connectivity index (χ4n) is 2.44. The van der Waals surface area contributed by atoms with Crippen molar-refractivity contribution < 1.29 is 9.59 Å². The van der Waals surface area contributed by atoms with E-state index in [0.717, 1.165) is 28.8 Å². The zero-order valence-electron chi connectivity index (χ0n) is 14.4. The molecule has 1 N–H and O–H groups in total. The number of rotatable bonds is 6. The Morgan fingerprint density at radius 1 is 1.08 bits per heavy atom. The highest BCUT2D eigenvalue weighted by Crippen LogP contribution is 2.19. The maximum Gasteiger partial charge on any atom is 0.233 e. The number of anilines is 1.